The lowest BCUT2D eigenvalue weighted by Gasteiger charge is -2.17. The van der Waals surface area contributed by atoms with Crippen molar-refractivity contribution >= 4 is 21.6 Å². The first-order valence-corrected chi connectivity index (χ1v) is 7.01. The first-order chi connectivity index (χ1) is 8.29. The number of carbonyl (C=O) groups excluding carboxylic acids is 1. The van der Waals surface area contributed by atoms with E-state index in [0.29, 0.717) is 11.3 Å². The minimum Gasteiger partial charge on any atom is -0.508 e. The molecule has 1 unspecified atom stereocenters. The zero-order valence-corrected chi connectivity index (χ0v) is 10.6. The van der Waals surface area contributed by atoms with Crippen LogP contribution in [0.3, 0.4) is 0 Å². The molecule has 1 aliphatic rings. The number of amides is 1. The molecule has 18 heavy (non-hydrogen) atoms. The van der Waals surface area contributed by atoms with Crippen LogP contribution in [0, 0.1) is 6.92 Å². The highest BCUT2D eigenvalue weighted by Crippen LogP contribution is 2.28. The number of primary sulfonamides is 1. The highest BCUT2D eigenvalue weighted by Gasteiger charge is 2.37. The molecule has 7 heteroatoms. The molecule has 0 radical (unpaired) electrons. The maximum Gasteiger partial charge on any atom is 0.228 e. The third-order valence-electron chi connectivity index (χ3n) is 3.06. The molecular formula is C11H14N2O4S. The largest absolute Gasteiger partial charge is 0.508 e. The molecule has 1 amide bonds. The second-order valence-electron chi connectivity index (χ2n) is 4.39. The standard InChI is InChI=1S/C11H14N2O4S/c1-7-2-3-8(4-10(7)14)13-6-9(5-11(13)15)18(12,16)17/h2-4,9,14H,5-6H2,1H3,(H2,12,16,17). The number of benzene rings is 1. The van der Waals surface area contributed by atoms with E-state index in [9.17, 15) is 18.3 Å². The second kappa shape index (κ2) is 4.25. The summed E-state index contributed by atoms with van der Waals surface area (Å²) in [6.45, 7) is 1.76. The third kappa shape index (κ3) is 2.32. The number of anilines is 1. The normalized spacial score (nSPS) is 20.4. The summed E-state index contributed by atoms with van der Waals surface area (Å²) in [5, 5.41) is 13.8. The topological polar surface area (TPSA) is 101 Å². The van der Waals surface area contributed by atoms with Crippen LogP contribution in [0.25, 0.3) is 0 Å². The van der Waals surface area contributed by atoms with Gasteiger partial charge in [0.15, 0.2) is 0 Å². The first kappa shape index (κ1) is 12.8. The van der Waals surface area contributed by atoms with Crippen molar-refractivity contribution in [2.24, 2.45) is 5.14 Å². The Balaban J connectivity index is 2.30. The van der Waals surface area contributed by atoms with E-state index in [4.69, 9.17) is 5.14 Å². The average Bonchev–Trinajstić information content (AvgIpc) is 2.64. The van der Waals surface area contributed by atoms with Crippen LogP contribution in [0.4, 0.5) is 5.69 Å². The Morgan fingerprint density at radius 1 is 1.44 bits per heavy atom. The predicted octanol–water partition coefficient (Wildman–Crippen LogP) is 0.0944. The van der Waals surface area contributed by atoms with Gasteiger partial charge in [-0.3, -0.25) is 4.79 Å². The van der Waals surface area contributed by atoms with Gasteiger partial charge in [0, 0.05) is 24.7 Å². The summed E-state index contributed by atoms with van der Waals surface area (Å²) in [6.07, 6.45) is -0.118. The van der Waals surface area contributed by atoms with Crippen molar-refractivity contribution in [3.63, 3.8) is 0 Å². The van der Waals surface area contributed by atoms with Crippen molar-refractivity contribution < 1.29 is 18.3 Å². The Morgan fingerprint density at radius 2 is 2.11 bits per heavy atom. The lowest BCUT2D eigenvalue weighted by Crippen LogP contribution is -2.32. The smallest absolute Gasteiger partial charge is 0.228 e. The van der Waals surface area contributed by atoms with Crippen LogP contribution in [0.1, 0.15) is 12.0 Å². The van der Waals surface area contributed by atoms with Crippen molar-refractivity contribution in [3.8, 4) is 5.75 Å². The summed E-state index contributed by atoms with van der Waals surface area (Å²) in [4.78, 5) is 13.1. The van der Waals surface area contributed by atoms with Gasteiger partial charge in [0.25, 0.3) is 0 Å². The highest BCUT2D eigenvalue weighted by molar-refractivity contribution is 7.89. The first-order valence-electron chi connectivity index (χ1n) is 5.40. The minimum atomic E-state index is -3.72. The average molecular weight is 270 g/mol. The van der Waals surface area contributed by atoms with E-state index >= 15 is 0 Å². The molecule has 1 aromatic rings. The van der Waals surface area contributed by atoms with Crippen LogP contribution >= 0.6 is 0 Å². The molecule has 0 saturated carbocycles. The van der Waals surface area contributed by atoms with Crippen LogP contribution < -0.4 is 10.0 Å². The molecule has 98 valence electrons. The number of phenolic OH excluding ortho intramolecular Hbond substituents is 1. The van der Waals surface area contributed by atoms with Gasteiger partial charge in [0.05, 0.1) is 0 Å². The summed E-state index contributed by atoms with van der Waals surface area (Å²) >= 11 is 0. The van der Waals surface area contributed by atoms with Crippen molar-refractivity contribution in [1.29, 1.82) is 0 Å². The van der Waals surface area contributed by atoms with Gasteiger partial charge in [0.2, 0.25) is 15.9 Å². The van der Waals surface area contributed by atoms with Gasteiger partial charge >= 0.3 is 0 Å². The SMILES string of the molecule is Cc1ccc(N2CC(S(N)(=O)=O)CC2=O)cc1O. The summed E-state index contributed by atoms with van der Waals surface area (Å²) in [5.74, 6) is -0.239. The van der Waals surface area contributed by atoms with Crippen molar-refractivity contribution in [3.05, 3.63) is 23.8 Å². The fourth-order valence-electron chi connectivity index (χ4n) is 1.91. The molecule has 0 bridgehead atoms. The molecule has 0 aromatic heterocycles. The Labute approximate surface area is 105 Å². The highest BCUT2D eigenvalue weighted by atomic mass is 32.2. The van der Waals surface area contributed by atoms with E-state index in [2.05, 4.69) is 0 Å². The van der Waals surface area contributed by atoms with Gasteiger partial charge in [-0.15, -0.1) is 0 Å². The zero-order chi connectivity index (χ0) is 13.5. The minimum absolute atomic E-state index is 0.0279. The molecule has 1 fully saturated rings. The Kier molecular flexibility index (Phi) is 3.04. The van der Waals surface area contributed by atoms with Crippen molar-refractivity contribution in [1.82, 2.24) is 0 Å². The molecule has 1 atom stereocenters. The summed E-state index contributed by atoms with van der Waals surface area (Å²) in [5.41, 5.74) is 1.17. The zero-order valence-electron chi connectivity index (χ0n) is 9.83. The van der Waals surface area contributed by atoms with Gasteiger partial charge in [0.1, 0.15) is 11.0 Å². The van der Waals surface area contributed by atoms with Gasteiger partial charge in [-0.2, -0.15) is 0 Å². The molecule has 2 rings (SSSR count). The monoisotopic (exact) mass is 270 g/mol. The number of hydrogen-bond donors (Lipinski definition) is 2. The van der Waals surface area contributed by atoms with Crippen molar-refractivity contribution in [2.45, 2.75) is 18.6 Å². The molecule has 1 heterocycles. The summed E-state index contributed by atoms with van der Waals surface area (Å²) in [6, 6.07) is 4.78. The van der Waals surface area contributed by atoms with Crippen LogP contribution in [0.2, 0.25) is 0 Å². The van der Waals surface area contributed by atoms with Crippen LogP contribution in [-0.4, -0.2) is 31.2 Å². The number of hydrogen-bond acceptors (Lipinski definition) is 4. The van der Waals surface area contributed by atoms with Gasteiger partial charge in [-0.25, -0.2) is 13.6 Å². The fourth-order valence-corrected chi connectivity index (χ4v) is 2.64. The predicted molar refractivity (Wildman–Crippen MR) is 66.7 cm³/mol. The van der Waals surface area contributed by atoms with E-state index in [1.165, 1.54) is 11.0 Å². The van der Waals surface area contributed by atoms with Crippen LogP contribution in [0.15, 0.2) is 18.2 Å². The Bertz CT molecular complexity index is 597. The number of aryl methyl sites for hydroxylation is 1. The van der Waals surface area contributed by atoms with Gasteiger partial charge < -0.3 is 10.0 Å². The van der Waals surface area contributed by atoms with Crippen LogP contribution in [-0.2, 0) is 14.8 Å². The van der Waals surface area contributed by atoms with E-state index in [1.54, 1.807) is 19.1 Å². The lowest BCUT2D eigenvalue weighted by atomic mass is 10.2. The molecule has 1 saturated heterocycles. The Hall–Kier alpha value is -1.60. The molecule has 3 N–H and O–H groups in total. The molecule has 1 aromatic carbocycles. The number of phenols is 1. The molecule has 6 nitrogen and oxygen atoms in total. The van der Waals surface area contributed by atoms with Crippen molar-refractivity contribution in [2.75, 3.05) is 11.4 Å². The lowest BCUT2D eigenvalue weighted by molar-refractivity contribution is -0.117. The van der Waals surface area contributed by atoms with Gasteiger partial charge in [-0.05, 0) is 18.6 Å². The Morgan fingerprint density at radius 3 is 2.61 bits per heavy atom. The maximum absolute atomic E-state index is 11.8. The number of nitrogens with zero attached hydrogens (tertiary/aromatic N) is 1. The number of aromatic hydroxyl groups is 1. The number of carbonyl (C=O) groups is 1. The van der Waals surface area contributed by atoms with E-state index in [1.807, 2.05) is 0 Å². The molecule has 1 aliphatic heterocycles. The third-order valence-corrected chi connectivity index (χ3v) is 4.30. The molecule has 0 aliphatic carbocycles. The van der Waals surface area contributed by atoms with E-state index in [-0.39, 0.29) is 24.6 Å². The number of sulfonamides is 1. The molecular weight excluding hydrogens is 256 g/mol. The maximum atomic E-state index is 11.8. The summed E-state index contributed by atoms with van der Waals surface area (Å²) < 4.78 is 22.5. The van der Waals surface area contributed by atoms with E-state index < -0.39 is 15.3 Å². The number of rotatable bonds is 2. The number of nitrogens with two attached hydrogens (primary N) is 1. The second-order valence-corrected chi connectivity index (χ2v) is 6.24. The fraction of sp³-hybridized carbons (Fsp3) is 0.364. The van der Waals surface area contributed by atoms with Gasteiger partial charge in [-0.1, -0.05) is 6.07 Å². The molecule has 0 spiro atoms. The van der Waals surface area contributed by atoms with E-state index in [0.717, 1.165) is 0 Å². The quantitative estimate of drug-likeness (QED) is 0.795. The summed E-state index contributed by atoms with van der Waals surface area (Å²) in [7, 11) is -3.72. The van der Waals surface area contributed by atoms with Crippen LogP contribution in [0.5, 0.6) is 5.75 Å².